The molecule has 0 N–H and O–H groups in total. The number of sulfonamides is 1. The van der Waals surface area contributed by atoms with Gasteiger partial charge in [0.15, 0.2) is 0 Å². The molecule has 0 atom stereocenters. The van der Waals surface area contributed by atoms with Gasteiger partial charge in [0.25, 0.3) is 0 Å². The molecule has 0 aliphatic carbocycles. The van der Waals surface area contributed by atoms with Gasteiger partial charge in [-0.1, -0.05) is 11.6 Å². The molecule has 1 aromatic rings. The molecule has 1 aromatic carbocycles. The van der Waals surface area contributed by atoms with Gasteiger partial charge in [-0.05, 0) is 32.0 Å². The SMILES string of the molecule is COc1ccc(Cl)cc1S(=O)(=O)N1CCN(C(C)C)CC1. The highest BCUT2D eigenvalue weighted by Crippen LogP contribution is 2.30. The average Bonchev–Trinajstić information content (AvgIpc) is 2.47. The van der Waals surface area contributed by atoms with Gasteiger partial charge in [-0.3, -0.25) is 4.90 Å². The molecular weight excluding hydrogens is 312 g/mol. The summed E-state index contributed by atoms with van der Waals surface area (Å²) in [6.45, 7) is 6.67. The Morgan fingerprint density at radius 2 is 1.81 bits per heavy atom. The Hall–Kier alpha value is -0.820. The molecule has 0 unspecified atom stereocenters. The summed E-state index contributed by atoms with van der Waals surface area (Å²) in [7, 11) is -2.12. The summed E-state index contributed by atoms with van der Waals surface area (Å²) < 4.78 is 32.2. The van der Waals surface area contributed by atoms with Gasteiger partial charge in [0.2, 0.25) is 10.0 Å². The first-order valence-electron chi connectivity index (χ1n) is 6.94. The third-order valence-corrected chi connectivity index (χ3v) is 5.90. The Balaban J connectivity index is 2.25. The predicted molar refractivity (Wildman–Crippen MR) is 83.5 cm³/mol. The molecule has 7 heteroatoms. The first-order chi connectivity index (χ1) is 9.86. The summed E-state index contributed by atoms with van der Waals surface area (Å²) in [5.74, 6) is 0.325. The number of piperazine rings is 1. The first kappa shape index (κ1) is 16.5. The van der Waals surface area contributed by atoms with E-state index in [1.54, 1.807) is 12.1 Å². The van der Waals surface area contributed by atoms with Crippen LogP contribution >= 0.6 is 11.6 Å². The molecule has 21 heavy (non-hydrogen) atoms. The fraction of sp³-hybridized carbons (Fsp3) is 0.571. The highest BCUT2D eigenvalue weighted by molar-refractivity contribution is 7.89. The molecule has 2 rings (SSSR count). The van der Waals surface area contributed by atoms with Crippen LogP contribution in [0.4, 0.5) is 0 Å². The van der Waals surface area contributed by atoms with Crippen LogP contribution in [0, 0.1) is 0 Å². The van der Waals surface area contributed by atoms with Gasteiger partial charge in [0, 0.05) is 37.2 Å². The average molecular weight is 333 g/mol. The van der Waals surface area contributed by atoms with E-state index < -0.39 is 10.0 Å². The Morgan fingerprint density at radius 1 is 1.19 bits per heavy atom. The van der Waals surface area contributed by atoms with Crippen LogP contribution in [0.2, 0.25) is 5.02 Å². The number of rotatable bonds is 4. The largest absolute Gasteiger partial charge is 0.495 e. The van der Waals surface area contributed by atoms with Crippen LogP contribution in [0.3, 0.4) is 0 Å². The normalized spacial score (nSPS) is 18.1. The number of hydrogen-bond acceptors (Lipinski definition) is 4. The second kappa shape index (κ2) is 6.52. The number of nitrogens with zero attached hydrogens (tertiary/aromatic N) is 2. The van der Waals surface area contributed by atoms with E-state index in [-0.39, 0.29) is 4.90 Å². The maximum Gasteiger partial charge on any atom is 0.246 e. The lowest BCUT2D eigenvalue weighted by Gasteiger charge is -2.36. The van der Waals surface area contributed by atoms with Crippen LogP contribution in [0.25, 0.3) is 0 Å². The molecule has 1 fully saturated rings. The maximum atomic E-state index is 12.8. The number of benzene rings is 1. The smallest absolute Gasteiger partial charge is 0.246 e. The van der Waals surface area contributed by atoms with Crippen LogP contribution in [0.1, 0.15) is 13.8 Å². The van der Waals surface area contributed by atoms with Crippen molar-refractivity contribution in [2.24, 2.45) is 0 Å². The third-order valence-electron chi connectivity index (χ3n) is 3.75. The van der Waals surface area contributed by atoms with Gasteiger partial charge in [0.05, 0.1) is 7.11 Å². The van der Waals surface area contributed by atoms with Crippen molar-refractivity contribution in [1.82, 2.24) is 9.21 Å². The van der Waals surface area contributed by atoms with E-state index in [0.717, 1.165) is 13.1 Å². The van der Waals surface area contributed by atoms with Gasteiger partial charge in [-0.15, -0.1) is 0 Å². The molecule has 118 valence electrons. The zero-order valence-corrected chi connectivity index (χ0v) is 14.1. The fourth-order valence-electron chi connectivity index (χ4n) is 2.45. The van der Waals surface area contributed by atoms with Crippen molar-refractivity contribution in [3.8, 4) is 5.75 Å². The van der Waals surface area contributed by atoms with Crippen LogP contribution in [-0.2, 0) is 10.0 Å². The summed E-state index contributed by atoms with van der Waals surface area (Å²) >= 11 is 5.94. The van der Waals surface area contributed by atoms with E-state index in [9.17, 15) is 8.42 Å². The standard InChI is InChI=1S/C14H21ClN2O3S/c1-11(2)16-6-8-17(9-7-16)21(18,19)14-10-12(15)4-5-13(14)20-3/h4-5,10-11H,6-9H2,1-3H3. The Bertz CT molecular complexity index is 596. The lowest BCUT2D eigenvalue weighted by Crippen LogP contribution is -2.50. The van der Waals surface area contributed by atoms with Crippen LogP contribution < -0.4 is 4.74 Å². The van der Waals surface area contributed by atoms with E-state index in [2.05, 4.69) is 18.7 Å². The van der Waals surface area contributed by atoms with Gasteiger partial charge < -0.3 is 4.74 Å². The molecule has 1 aliphatic heterocycles. The van der Waals surface area contributed by atoms with E-state index in [4.69, 9.17) is 16.3 Å². The zero-order chi connectivity index (χ0) is 15.6. The second-order valence-electron chi connectivity index (χ2n) is 5.33. The van der Waals surface area contributed by atoms with Crippen molar-refractivity contribution in [3.05, 3.63) is 23.2 Å². The van der Waals surface area contributed by atoms with Crippen LogP contribution in [0.5, 0.6) is 5.75 Å². The highest BCUT2D eigenvalue weighted by atomic mass is 35.5. The fourth-order valence-corrected chi connectivity index (χ4v) is 4.29. The van der Waals surface area contributed by atoms with Gasteiger partial charge in [-0.2, -0.15) is 4.31 Å². The maximum absolute atomic E-state index is 12.8. The second-order valence-corrected chi connectivity index (χ2v) is 7.67. The van der Waals surface area contributed by atoms with Crippen molar-refractivity contribution in [3.63, 3.8) is 0 Å². The van der Waals surface area contributed by atoms with Crippen LogP contribution in [0.15, 0.2) is 23.1 Å². The van der Waals surface area contributed by atoms with Crippen molar-refractivity contribution in [2.75, 3.05) is 33.3 Å². The van der Waals surface area contributed by atoms with Crippen molar-refractivity contribution in [1.29, 1.82) is 0 Å². The quantitative estimate of drug-likeness (QED) is 0.847. The summed E-state index contributed by atoms with van der Waals surface area (Å²) in [5.41, 5.74) is 0. The van der Waals surface area contributed by atoms with Crippen LogP contribution in [-0.4, -0.2) is 57.0 Å². The molecule has 5 nitrogen and oxygen atoms in total. The van der Waals surface area contributed by atoms with Crippen molar-refractivity contribution < 1.29 is 13.2 Å². The van der Waals surface area contributed by atoms with E-state index in [1.165, 1.54) is 17.5 Å². The minimum Gasteiger partial charge on any atom is -0.495 e. The zero-order valence-electron chi connectivity index (χ0n) is 12.5. The summed E-state index contributed by atoms with van der Waals surface area (Å²) in [6, 6.07) is 5.08. The van der Waals surface area contributed by atoms with E-state index in [1.807, 2.05) is 0 Å². The van der Waals surface area contributed by atoms with Gasteiger partial charge in [0.1, 0.15) is 10.6 Å². The minimum absolute atomic E-state index is 0.135. The molecule has 0 radical (unpaired) electrons. The first-order valence-corrected chi connectivity index (χ1v) is 8.76. The number of methoxy groups -OCH3 is 1. The number of hydrogen-bond donors (Lipinski definition) is 0. The number of ether oxygens (including phenoxy) is 1. The monoisotopic (exact) mass is 332 g/mol. The molecule has 1 aliphatic rings. The lowest BCUT2D eigenvalue weighted by molar-refractivity contribution is 0.154. The van der Waals surface area contributed by atoms with Gasteiger partial charge in [-0.25, -0.2) is 8.42 Å². The Kier molecular flexibility index (Phi) is 5.14. The lowest BCUT2D eigenvalue weighted by atomic mass is 10.3. The van der Waals surface area contributed by atoms with E-state index >= 15 is 0 Å². The van der Waals surface area contributed by atoms with E-state index in [0.29, 0.717) is 29.9 Å². The summed E-state index contributed by atoms with van der Waals surface area (Å²) in [4.78, 5) is 2.40. The summed E-state index contributed by atoms with van der Waals surface area (Å²) in [6.07, 6.45) is 0. The van der Waals surface area contributed by atoms with Gasteiger partial charge >= 0.3 is 0 Å². The summed E-state index contributed by atoms with van der Waals surface area (Å²) in [5, 5.41) is 0.384. The highest BCUT2D eigenvalue weighted by Gasteiger charge is 2.31. The van der Waals surface area contributed by atoms with Crippen molar-refractivity contribution in [2.45, 2.75) is 24.8 Å². The molecule has 0 spiro atoms. The molecule has 0 aromatic heterocycles. The molecule has 0 saturated carbocycles. The number of halogens is 1. The molecule has 1 saturated heterocycles. The molecule has 1 heterocycles. The Morgan fingerprint density at radius 3 is 2.33 bits per heavy atom. The Labute approximate surface area is 131 Å². The predicted octanol–water partition coefficient (Wildman–Crippen LogP) is 2.06. The third kappa shape index (κ3) is 3.51. The van der Waals surface area contributed by atoms with Crippen molar-refractivity contribution >= 4 is 21.6 Å². The molecular formula is C14H21ClN2O3S. The molecule has 0 bridgehead atoms. The minimum atomic E-state index is -3.58. The molecule has 0 amide bonds. The topological polar surface area (TPSA) is 49.9 Å².